The van der Waals surface area contributed by atoms with Gasteiger partial charge in [-0.2, -0.15) is 0 Å². The number of para-hydroxylation sites is 2. The van der Waals surface area contributed by atoms with Crippen molar-refractivity contribution < 1.29 is 0 Å². The van der Waals surface area contributed by atoms with Crippen LogP contribution in [0.4, 0.5) is 0 Å². The van der Waals surface area contributed by atoms with Crippen LogP contribution in [0.5, 0.6) is 0 Å². The molecular weight excluding hydrogens is 212 g/mol. The van der Waals surface area contributed by atoms with Crippen LogP contribution in [0.1, 0.15) is 12.2 Å². The third-order valence-corrected chi connectivity index (χ3v) is 3.39. The standard InChI is InChI=1S/C13H18N4/c1-17-7-6-10(9-17)14-8-13-15-11-4-2-3-5-12(11)16-13/h2-5,10,14H,6-9H2,1H3,(H,15,16). The lowest BCUT2D eigenvalue weighted by molar-refractivity contribution is 0.397. The molecule has 0 amide bonds. The fourth-order valence-corrected chi connectivity index (χ4v) is 2.43. The minimum absolute atomic E-state index is 0.605. The SMILES string of the molecule is CN1CCC(NCc2nc3ccccc3[nH]2)C1. The summed E-state index contributed by atoms with van der Waals surface area (Å²) in [4.78, 5) is 10.3. The number of hydrogen-bond donors (Lipinski definition) is 2. The summed E-state index contributed by atoms with van der Waals surface area (Å²) < 4.78 is 0. The van der Waals surface area contributed by atoms with Gasteiger partial charge in [-0.25, -0.2) is 4.98 Å². The highest BCUT2D eigenvalue weighted by atomic mass is 15.2. The molecule has 1 aliphatic heterocycles. The Kier molecular flexibility index (Phi) is 2.82. The fourth-order valence-electron chi connectivity index (χ4n) is 2.43. The predicted octanol–water partition coefficient (Wildman–Crippen LogP) is 1.36. The smallest absolute Gasteiger partial charge is 0.121 e. The number of aromatic amines is 1. The first-order valence-corrected chi connectivity index (χ1v) is 6.17. The zero-order chi connectivity index (χ0) is 11.7. The molecule has 1 saturated heterocycles. The van der Waals surface area contributed by atoms with Gasteiger partial charge in [0.2, 0.25) is 0 Å². The molecule has 1 aromatic carbocycles. The zero-order valence-electron chi connectivity index (χ0n) is 10.1. The Labute approximate surface area is 101 Å². The molecule has 2 N–H and O–H groups in total. The van der Waals surface area contributed by atoms with Crippen molar-refractivity contribution in [1.82, 2.24) is 20.2 Å². The van der Waals surface area contributed by atoms with E-state index in [9.17, 15) is 0 Å². The summed E-state index contributed by atoms with van der Waals surface area (Å²) in [5.41, 5.74) is 2.17. The summed E-state index contributed by atoms with van der Waals surface area (Å²) in [7, 11) is 2.17. The highest BCUT2D eigenvalue weighted by molar-refractivity contribution is 5.74. The molecule has 17 heavy (non-hydrogen) atoms. The topological polar surface area (TPSA) is 44.0 Å². The Morgan fingerprint density at radius 1 is 1.47 bits per heavy atom. The first-order valence-electron chi connectivity index (χ1n) is 6.17. The van der Waals surface area contributed by atoms with Gasteiger partial charge in [-0.3, -0.25) is 0 Å². The van der Waals surface area contributed by atoms with Gasteiger partial charge in [-0.15, -0.1) is 0 Å². The number of likely N-dealkylation sites (tertiary alicyclic amines) is 1. The monoisotopic (exact) mass is 230 g/mol. The molecule has 4 nitrogen and oxygen atoms in total. The molecule has 90 valence electrons. The summed E-state index contributed by atoms with van der Waals surface area (Å²) in [6.45, 7) is 3.16. The molecule has 1 aromatic heterocycles. The second-order valence-electron chi connectivity index (χ2n) is 4.83. The molecule has 2 heterocycles. The molecule has 1 unspecified atom stereocenters. The lowest BCUT2D eigenvalue weighted by Gasteiger charge is -2.11. The van der Waals surface area contributed by atoms with Crippen LogP contribution in [0, 0.1) is 0 Å². The molecule has 1 aliphatic rings. The van der Waals surface area contributed by atoms with E-state index in [1.165, 1.54) is 13.0 Å². The molecule has 2 aromatic rings. The van der Waals surface area contributed by atoms with Crippen molar-refractivity contribution in [2.24, 2.45) is 0 Å². The lowest BCUT2D eigenvalue weighted by atomic mass is 10.2. The molecule has 1 fully saturated rings. The number of aromatic nitrogens is 2. The highest BCUT2D eigenvalue weighted by Gasteiger charge is 2.18. The van der Waals surface area contributed by atoms with Gasteiger partial charge in [-0.05, 0) is 32.1 Å². The van der Waals surface area contributed by atoms with Gasteiger partial charge in [0.25, 0.3) is 0 Å². The fraction of sp³-hybridized carbons (Fsp3) is 0.462. The number of imidazole rings is 1. The molecule has 4 heteroatoms. The van der Waals surface area contributed by atoms with Crippen LogP contribution in [0.15, 0.2) is 24.3 Å². The first kappa shape index (κ1) is 10.7. The van der Waals surface area contributed by atoms with Crippen molar-refractivity contribution in [1.29, 1.82) is 0 Å². The number of nitrogens with zero attached hydrogens (tertiary/aromatic N) is 2. The molecule has 1 atom stereocenters. The van der Waals surface area contributed by atoms with Crippen molar-refractivity contribution in [2.45, 2.75) is 19.0 Å². The number of hydrogen-bond acceptors (Lipinski definition) is 3. The van der Waals surface area contributed by atoms with Crippen LogP contribution in [-0.4, -0.2) is 41.0 Å². The van der Waals surface area contributed by atoms with Crippen LogP contribution in [0.3, 0.4) is 0 Å². The average Bonchev–Trinajstić information content (AvgIpc) is 2.91. The van der Waals surface area contributed by atoms with E-state index in [2.05, 4.69) is 33.3 Å². The van der Waals surface area contributed by atoms with Crippen LogP contribution < -0.4 is 5.32 Å². The quantitative estimate of drug-likeness (QED) is 0.836. The maximum Gasteiger partial charge on any atom is 0.121 e. The maximum atomic E-state index is 4.56. The maximum absolute atomic E-state index is 4.56. The lowest BCUT2D eigenvalue weighted by Crippen LogP contribution is -2.31. The Hall–Kier alpha value is -1.39. The minimum Gasteiger partial charge on any atom is -0.341 e. The van der Waals surface area contributed by atoms with Crippen LogP contribution in [0.2, 0.25) is 0 Å². The van der Waals surface area contributed by atoms with Crippen molar-refractivity contribution in [3.8, 4) is 0 Å². The molecular formula is C13H18N4. The largest absolute Gasteiger partial charge is 0.341 e. The third kappa shape index (κ3) is 2.33. The van der Waals surface area contributed by atoms with Crippen molar-refractivity contribution in [2.75, 3.05) is 20.1 Å². The van der Waals surface area contributed by atoms with Crippen LogP contribution in [-0.2, 0) is 6.54 Å². The van der Waals surface area contributed by atoms with E-state index in [1.807, 2.05) is 18.2 Å². The van der Waals surface area contributed by atoms with Gasteiger partial charge in [0.1, 0.15) is 5.82 Å². The van der Waals surface area contributed by atoms with E-state index in [-0.39, 0.29) is 0 Å². The van der Waals surface area contributed by atoms with Crippen molar-refractivity contribution in [3.63, 3.8) is 0 Å². The van der Waals surface area contributed by atoms with Gasteiger partial charge in [0.15, 0.2) is 0 Å². The Balaban J connectivity index is 1.65. The average molecular weight is 230 g/mol. The number of nitrogens with one attached hydrogen (secondary N) is 2. The Bertz CT molecular complexity index is 472. The van der Waals surface area contributed by atoms with Crippen molar-refractivity contribution in [3.05, 3.63) is 30.1 Å². The predicted molar refractivity (Wildman–Crippen MR) is 68.8 cm³/mol. The summed E-state index contributed by atoms with van der Waals surface area (Å²) in [6.07, 6.45) is 1.23. The molecule has 0 spiro atoms. The number of rotatable bonds is 3. The zero-order valence-corrected chi connectivity index (χ0v) is 10.1. The summed E-state index contributed by atoms with van der Waals surface area (Å²) in [5, 5.41) is 3.55. The number of likely N-dealkylation sites (N-methyl/N-ethyl adjacent to an activating group) is 1. The Morgan fingerprint density at radius 3 is 3.12 bits per heavy atom. The third-order valence-electron chi connectivity index (χ3n) is 3.39. The van der Waals surface area contributed by atoms with E-state index in [0.717, 1.165) is 29.9 Å². The van der Waals surface area contributed by atoms with Gasteiger partial charge >= 0.3 is 0 Å². The van der Waals surface area contributed by atoms with Crippen LogP contribution in [0.25, 0.3) is 11.0 Å². The summed E-state index contributed by atoms with van der Waals surface area (Å²) >= 11 is 0. The second kappa shape index (κ2) is 4.47. The van der Waals surface area contributed by atoms with Gasteiger partial charge < -0.3 is 15.2 Å². The van der Waals surface area contributed by atoms with E-state index < -0.39 is 0 Å². The summed E-state index contributed by atoms with van der Waals surface area (Å²) in [6, 6.07) is 8.76. The van der Waals surface area contributed by atoms with E-state index in [0.29, 0.717) is 6.04 Å². The first-order chi connectivity index (χ1) is 8.31. The molecule has 0 bridgehead atoms. The van der Waals surface area contributed by atoms with Gasteiger partial charge in [0.05, 0.1) is 17.6 Å². The molecule has 0 saturated carbocycles. The Morgan fingerprint density at radius 2 is 2.35 bits per heavy atom. The van der Waals surface area contributed by atoms with E-state index in [1.54, 1.807) is 0 Å². The normalized spacial score (nSPS) is 21.4. The number of fused-ring (bicyclic) bond motifs is 1. The second-order valence-corrected chi connectivity index (χ2v) is 4.83. The summed E-state index contributed by atoms with van der Waals surface area (Å²) in [5.74, 6) is 1.03. The molecule has 0 aliphatic carbocycles. The van der Waals surface area contributed by atoms with Crippen molar-refractivity contribution >= 4 is 11.0 Å². The van der Waals surface area contributed by atoms with Gasteiger partial charge in [-0.1, -0.05) is 12.1 Å². The number of H-pyrrole nitrogens is 1. The highest BCUT2D eigenvalue weighted by Crippen LogP contribution is 2.11. The molecule has 3 rings (SSSR count). The number of benzene rings is 1. The van der Waals surface area contributed by atoms with E-state index in [4.69, 9.17) is 0 Å². The minimum atomic E-state index is 0.605. The molecule has 0 radical (unpaired) electrons. The van der Waals surface area contributed by atoms with E-state index >= 15 is 0 Å². The van der Waals surface area contributed by atoms with Crippen LogP contribution >= 0.6 is 0 Å². The van der Waals surface area contributed by atoms with Gasteiger partial charge in [0, 0.05) is 12.6 Å².